The summed E-state index contributed by atoms with van der Waals surface area (Å²) in [5.41, 5.74) is 6.76. The first-order chi connectivity index (χ1) is 9.44. The van der Waals surface area contributed by atoms with Gasteiger partial charge in [-0.25, -0.2) is 13.1 Å². The lowest BCUT2D eigenvalue weighted by atomic mass is 10.3. The maximum absolute atomic E-state index is 12.2. The molecule has 2 aromatic heterocycles. The van der Waals surface area contributed by atoms with E-state index in [0.717, 1.165) is 16.9 Å². The number of hydrogen-bond acceptors (Lipinski definition) is 5. The maximum Gasteiger partial charge on any atom is 0.246 e. The summed E-state index contributed by atoms with van der Waals surface area (Å²) in [6, 6.07) is 1.96. The van der Waals surface area contributed by atoms with Gasteiger partial charge in [0.1, 0.15) is 4.90 Å². The average molecular weight is 314 g/mol. The average Bonchev–Trinajstić information content (AvgIpc) is 2.94. The molecule has 0 aliphatic carbocycles. The highest BCUT2D eigenvalue weighted by Gasteiger charge is 2.21. The Bertz CT molecular complexity index is 688. The van der Waals surface area contributed by atoms with Crippen molar-refractivity contribution in [1.82, 2.24) is 14.5 Å². The van der Waals surface area contributed by atoms with Gasteiger partial charge >= 0.3 is 0 Å². The van der Waals surface area contributed by atoms with E-state index in [0.29, 0.717) is 6.54 Å². The number of anilines is 1. The third kappa shape index (κ3) is 3.20. The van der Waals surface area contributed by atoms with Gasteiger partial charge in [0.25, 0.3) is 0 Å². The molecule has 3 N–H and O–H groups in total. The fourth-order valence-electron chi connectivity index (χ4n) is 1.79. The summed E-state index contributed by atoms with van der Waals surface area (Å²) in [6.07, 6.45) is 2.34. The van der Waals surface area contributed by atoms with Crippen molar-refractivity contribution in [2.45, 2.75) is 38.3 Å². The number of nitrogens with zero attached hydrogens (tertiary/aromatic N) is 2. The van der Waals surface area contributed by atoms with Crippen molar-refractivity contribution < 1.29 is 8.42 Å². The lowest BCUT2D eigenvalue weighted by Gasteiger charge is -2.04. The minimum atomic E-state index is -3.63. The molecule has 8 heteroatoms. The molecule has 20 heavy (non-hydrogen) atoms. The number of hydrogen-bond donors (Lipinski definition) is 2. The molecule has 0 aromatic carbocycles. The summed E-state index contributed by atoms with van der Waals surface area (Å²) in [4.78, 5) is 1.04. The molecule has 2 aromatic rings. The second-order valence-electron chi connectivity index (χ2n) is 4.49. The van der Waals surface area contributed by atoms with Crippen LogP contribution in [-0.2, 0) is 23.1 Å². The van der Waals surface area contributed by atoms with Crippen molar-refractivity contribution in [3.63, 3.8) is 0 Å². The zero-order valence-corrected chi connectivity index (χ0v) is 13.1. The molecule has 2 heterocycles. The van der Waals surface area contributed by atoms with Gasteiger partial charge in [-0.15, -0.1) is 11.3 Å². The maximum atomic E-state index is 12.2. The Morgan fingerprint density at radius 3 is 2.85 bits per heavy atom. The molecular weight excluding hydrogens is 296 g/mol. The molecule has 0 radical (unpaired) electrons. The van der Waals surface area contributed by atoms with Gasteiger partial charge in [0, 0.05) is 24.2 Å². The largest absolute Gasteiger partial charge is 0.381 e. The number of nitrogens with two attached hydrogens (primary N) is 1. The molecule has 110 valence electrons. The third-order valence-corrected chi connectivity index (χ3v) is 5.33. The summed E-state index contributed by atoms with van der Waals surface area (Å²) in [5, 5.41) is 5.94. The fourth-order valence-corrected chi connectivity index (χ4v) is 3.80. The molecular formula is C12H18N4O2S2. The number of nitrogens with one attached hydrogen (secondary N) is 1. The molecule has 0 atom stereocenters. The van der Waals surface area contributed by atoms with Crippen molar-refractivity contribution in [3.05, 3.63) is 28.1 Å². The topological polar surface area (TPSA) is 90.0 Å². The lowest BCUT2D eigenvalue weighted by Crippen LogP contribution is -2.23. The second-order valence-corrected chi connectivity index (χ2v) is 7.23. The van der Waals surface area contributed by atoms with Crippen LogP contribution in [0.1, 0.15) is 23.8 Å². The molecule has 6 nitrogen and oxygen atoms in total. The molecule has 2 rings (SSSR count). The van der Waals surface area contributed by atoms with Crippen LogP contribution in [0, 0.1) is 6.92 Å². The normalized spacial score (nSPS) is 11.9. The number of nitrogen functional groups attached to an aromatic ring is 1. The monoisotopic (exact) mass is 314 g/mol. The summed E-state index contributed by atoms with van der Waals surface area (Å²) >= 11 is 1.52. The molecule has 0 spiro atoms. The van der Waals surface area contributed by atoms with E-state index in [1.165, 1.54) is 17.5 Å². The Morgan fingerprint density at radius 1 is 1.50 bits per heavy atom. The van der Waals surface area contributed by atoms with Gasteiger partial charge < -0.3 is 5.73 Å². The first kappa shape index (κ1) is 15.0. The highest BCUT2D eigenvalue weighted by molar-refractivity contribution is 7.89. The molecule has 0 saturated carbocycles. The Balaban J connectivity index is 2.16. The zero-order valence-electron chi connectivity index (χ0n) is 11.5. The standard InChI is InChI=1S/C12H18N4O2S2/c1-3-5-16-8-11(12(13)15-16)20(17,18)14-7-10-9(2)4-6-19-10/h4,6,8,14H,3,5,7H2,1-2H3,(H2,13,15). The Kier molecular flexibility index (Phi) is 4.46. The first-order valence-electron chi connectivity index (χ1n) is 6.29. The van der Waals surface area contributed by atoms with Crippen LogP contribution in [0.4, 0.5) is 5.82 Å². The van der Waals surface area contributed by atoms with E-state index in [2.05, 4.69) is 9.82 Å². The van der Waals surface area contributed by atoms with Gasteiger partial charge in [-0.1, -0.05) is 6.92 Å². The highest BCUT2D eigenvalue weighted by atomic mass is 32.2. The van der Waals surface area contributed by atoms with Crippen LogP contribution in [0.3, 0.4) is 0 Å². The van der Waals surface area contributed by atoms with Gasteiger partial charge in [-0.05, 0) is 30.4 Å². The van der Waals surface area contributed by atoms with E-state index >= 15 is 0 Å². The van der Waals surface area contributed by atoms with Crippen LogP contribution in [0.15, 0.2) is 22.5 Å². The lowest BCUT2D eigenvalue weighted by molar-refractivity contribution is 0.579. The molecule has 0 amide bonds. The van der Waals surface area contributed by atoms with E-state index < -0.39 is 10.0 Å². The fraction of sp³-hybridized carbons (Fsp3) is 0.417. The summed E-state index contributed by atoms with van der Waals surface area (Å²) in [6.45, 7) is 4.85. The van der Waals surface area contributed by atoms with Crippen LogP contribution in [0.25, 0.3) is 0 Å². The van der Waals surface area contributed by atoms with Crippen molar-refractivity contribution in [2.75, 3.05) is 5.73 Å². The van der Waals surface area contributed by atoms with Crippen molar-refractivity contribution in [2.24, 2.45) is 0 Å². The molecule has 0 unspecified atom stereocenters. The second kappa shape index (κ2) is 5.94. The number of aryl methyl sites for hydroxylation is 2. The van der Waals surface area contributed by atoms with Gasteiger partial charge in [0.2, 0.25) is 10.0 Å². The van der Waals surface area contributed by atoms with E-state index in [1.807, 2.05) is 25.3 Å². The predicted octanol–water partition coefficient (Wildman–Crippen LogP) is 1.72. The third-order valence-electron chi connectivity index (χ3n) is 2.89. The minimum Gasteiger partial charge on any atom is -0.381 e. The first-order valence-corrected chi connectivity index (χ1v) is 8.66. The van der Waals surface area contributed by atoms with Crippen LogP contribution in [0.2, 0.25) is 0 Å². The number of sulfonamides is 1. The Morgan fingerprint density at radius 2 is 2.25 bits per heavy atom. The highest BCUT2D eigenvalue weighted by Crippen LogP contribution is 2.19. The number of aromatic nitrogens is 2. The van der Waals surface area contributed by atoms with Crippen LogP contribution < -0.4 is 10.5 Å². The van der Waals surface area contributed by atoms with Gasteiger partial charge in [0.15, 0.2) is 5.82 Å². The van der Waals surface area contributed by atoms with Crippen LogP contribution in [0.5, 0.6) is 0 Å². The Labute approximate surface area is 122 Å². The molecule has 0 fully saturated rings. The smallest absolute Gasteiger partial charge is 0.246 e. The number of thiophene rings is 1. The van der Waals surface area contributed by atoms with E-state index in [9.17, 15) is 8.42 Å². The molecule has 0 bridgehead atoms. The van der Waals surface area contributed by atoms with E-state index in [-0.39, 0.29) is 17.3 Å². The summed E-state index contributed by atoms with van der Waals surface area (Å²) in [7, 11) is -3.63. The van der Waals surface area contributed by atoms with E-state index in [4.69, 9.17) is 5.73 Å². The summed E-state index contributed by atoms with van der Waals surface area (Å²) in [5.74, 6) is 0.0360. The number of rotatable bonds is 6. The SMILES string of the molecule is CCCn1cc(S(=O)(=O)NCc2sccc2C)c(N)n1. The molecule has 0 aliphatic rings. The van der Waals surface area contributed by atoms with Gasteiger partial charge in [0.05, 0.1) is 0 Å². The predicted molar refractivity (Wildman–Crippen MR) is 80.0 cm³/mol. The van der Waals surface area contributed by atoms with Crippen molar-refractivity contribution >= 4 is 27.2 Å². The van der Waals surface area contributed by atoms with Gasteiger partial charge in [-0.2, -0.15) is 5.10 Å². The molecule has 0 saturated heterocycles. The van der Waals surface area contributed by atoms with Crippen LogP contribution in [-0.4, -0.2) is 18.2 Å². The van der Waals surface area contributed by atoms with Crippen molar-refractivity contribution in [3.8, 4) is 0 Å². The summed E-state index contributed by atoms with van der Waals surface area (Å²) < 4.78 is 28.6. The van der Waals surface area contributed by atoms with Crippen molar-refractivity contribution in [1.29, 1.82) is 0 Å². The van der Waals surface area contributed by atoms with E-state index in [1.54, 1.807) is 4.68 Å². The minimum absolute atomic E-state index is 0.0360. The zero-order chi connectivity index (χ0) is 14.8. The van der Waals surface area contributed by atoms with Crippen LogP contribution >= 0.6 is 11.3 Å². The quantitative estimate of drug-likeness (QED) is 0.849. The van der Waals surface area contributed by atoms with Gasteiger partial charge in [-0.3, -0.25) is 4.68 Å². The Hall–Kier alpha value is -1.38. The molecule has 0 aliphatic heterocycles.